The van der Waals surface area contributed by atoms with Crippen molar-refractivity contribution in [2.45, 2.75) is 35.4 Å². The van der Waals surface area contributed by atoms with Gasteiger partial charge in [0.2, 0.25) is 0 Å². The maximum Gasteiger partial charge on any atom is 0.0847 e. The highest BCUT2D eigenvalue weighted by molar-refractivity contribution is 14.1. The van der Waals surface area contributed by atoms with Crippen molar-refractivity contribution in [2.75, 3.05) is 11.8 Å². The fourth-order valence-corrected chi connectivity index (χ4v) is 3.59. The van der Waals surface area contributed by atoms with E-state index in [0.29, 0.717) is 11.8 Å². The van der Waals surface area contributed by atoms with E-state index in [-0.39, 0.29) is 16.1 Å². The molecule has 0 amide bonds. The normalized spacial score (nSPS) is 22.3. The maximum absolute atomic E-state index is 6.20. The predicted octanol–water partition coefficient (Wildman–Crippen LogP) is 4.73. The number of alkyl halides is 3. The molecule has 1 aliphatic rings. The lowest BCUT2D eigenvalue weighted by atomic mass is 9.89. The Morgan fingerprint density at radius 2 is 2.06 bits per heavy atom. The van der Waals surface area contributed by atoms with Gasteiger partial charge >= 0.3 is 0 Å². The van der Waals surface area contributed by atoms with Crippen LogP contribution in [-0.2, 0) is 11.2 Å². The SMILES string of the molecule is ClCC(I)C(CCl)OC1CCCc2ccccc21. The van der Waals surface area contributed by atoms with E-state index in [4.69, 9.17) is 27.9 Å². The molecule has 0 aliphatic heterocycles. The van der Waals surface area contributed by atoms with Gasteiger partial charge in [-0.15, -0.1) is 23.2 Å². The Kier molecular flexibility index (Phi) is 6.05. The van der Waals surface area contributed by atoms with Crippen LogP contribution in [0.3, 0.4) is 0 Å². The average Bonchev–Trinajstić information content (AvgIpc) is 2.44. The van der Waals surface area contributed by atoms with E-state index in [9.17, 15) is 0 Å². The van der Waals surface area contributed by atoms with E-state index >= 15 is 0 Å². The molecule has 3 unspecified atom stereocenters. The van der Waals surface area contributed by atoms with Crippen molar-refractivity contribution >= 4 is 45.8 Å². The summed E-state index contributed by atoms with van der Waals surface area (Å²) in [6, 6.07) is 8.55. The maximum atomic E-state index is 6.20. The average molecular weight is 399 g/mol. The first kappa shape index (κ1) is 14.9. The molecule has 100 valence electrons. The van der Waals surface area contributed by atoms with Crippen LogP contribution >= 0.6 is 45.8 Å². The zero-order chi connectivity index (χ0) is 13.0. The van der Waals surface area contributed by atoms with E-state index < -0.39 is 0 Å². The van der Waals surface area contributed by atoms with Crippen molar-refractivity contribution in [3.05, 3.63) is 35.4 Å². The first-order valence-electron chi connectivity index (χ1n) is 6.25. The van der Waals surface area contributed by atoms with E-state index in [1.807, 2.05) is 0 Å². The van der Waals surface area contributed by atoms with Gasteiger partial charge in [-0.1, -0.05) is 46.9 Å². The van der Waals surface area contributed by atoms with Gasteiger partial charge in [-0.05, 0) is 30.4 Å². The Balaban J connectivity index is 2.10. The molecule has 18 heavy (non-hydrogen) atoms. The van der Waals surface area contributed by atoms with E-state index in [1.54, 1.807) is 0 Å². The Bertz CT molecular complexity index is 386. The number of fused-ring (bicyclic) bond motifs is 1. The second kappa shape index (κ2) is 7.32. The summed E-state index contributed by atoms with van der Waals surface area (Å²) in [4.78, 5) is 0. The molecule has 0 bridgehead atoms. The third kappa shape index (κ3) is 3.53. The van der Waals surface area contributed by atoms with Crippen molar-refractivity contribution < 1.29 is 4.74 Å². The summed E-state index contributed by atoms with van der Waals surface area (Å²) in [5, 5.41) is 0. The highest BCUT2D eigenvalue weighted by Crippen LogP contribution is 2.34. The van der Waals surface area contributed by atoms with Crippen LogP contribution in [0.1, 0.15) is 30.1 Å². The van der Waals surface area contributed by atoms with Crippen LogP contribution in [-0.4, -0.2) is 21.8 Å². The van der Waals surface area contributed by atoms with E-state index in [0.717, 1.165) is 12.8 Å². The van der Waals surface area contributed by atoms with Gasteiger partial charge in [0, 0.05) is 11.8 Å². The molecule has 1 nitrogen and oxygen atoms in total. The van der Waals surface area contributed by atoms with Gasteiger partial charge < -0.3 is 4.74 Å². The van der Waals surface area contributed by atoms with Crippen LogP contribution in [0.5, 0.6) is 0 Å². The lowest BCUT2D eigenvalue weighted by molar-refractivity contribution is -0.00706. The summed E-state index contributed by atoms with van der Waals surface area (Å²) in [7, 11) is 0. The Hall–Kier alpha value is 0.490. The molecular formula is C14H17Cl2IO. The number of hydrogen-bond donors (Lipinski definition) is 0. The number of rotatable bonds is 5. The van der Waals surface area contributed by atoms with E-state index in [1.165, 1.54) is 17.5 Å². The van der Waals surface area contributed by atoms with Gasteiger partial charge in [-0.2, -0.15) is 0 Å². The summed E-state index contributed by atoms with van der Waals surface area (Å²) in [5.74, 6) is 1.07. The second-order valence-corrected chi connectivity index (χ2v) is 6.80. The van der Waals surface area contributed by atoms with Gasteiger partial charge in [-0.25, -0.2) is 0 Å². The van der Waals surface area contributed by atoms with Gasteiger partial charge in [0.05, 0.1) is 16.1 Å². The lowest BCUT2D eigenvalue weighted by Gasteiger charge is -2.30. The van der Waals surface area contributed by atoms with Crippen LogP contribution in [0.25, 0.3) is 0 Å². The molecule has 0 heterocycles. The summed E-state index contributed by atoms with van der Waals surface area (Å²) in [6.45, 7) is 0. The molecule has 0 spiro atoms. The molecule has 4 heteroatoms. The molecule has 0 saturated carbocycles. The first-order valence-corrected chi connectivity index (χ1v) is 8.57. The molecule has 0 N–H and O–H groups in total. The number of halogens is 3. The van der Waals surface area contributed by atoms with Crippen molar-refractivity contribution in [3.8, 4) is 0 Å². The molecule has 2 rings (SSSR count). The number of aryl methyl sites for hydroxylation is 1. The molecule has 0 radical (unpaired) electrons. The van der Waals surface area contributed by atoms with Gasteiger partial charge in [0.1, 0.15) is 0 Å². The quantitative estimate of drug-likeness (QED) is 0.514. The van der Waals surface area contributed by atoms with Crippen molar-refractivity contribution in [3.63, 3.8) is 0 Å². The third-order valence-corrected chi connectivity index (χ3v) is 5.76. The zero-order valence-electron chi connectivity index (χ0n) is 10.1. The predicted molar refractivity (Wildman–Crippen MR) is 86.2 cm³/mol. The summed E-state index contributed by atoms with van der Waals surface area (Å²) < 4.78 is 6.46. The summed E-state index contributed by atoms with van der Waals surface area (Å²) >= 11 is 14.2. The Labute approximate surface area is 132 Å². The molecule has 0 aromatic heterocycles. The van der Waals surface area contributed by atoms with Gasteiger partial charge in [0.25, 0.3) is 0 Å². The van der Waals surface area contributed by atoms with Gasteiger partial charge in [0.15, 0.2) is 0 Å². The smallest absolute Gasteiger partial charge is 0.0847 e. The Morgan fingerprint density at radius 1 is 1.28 bits per heavy atom. The zero-order valence-corrected chi connectivity index (χ0v) is 13.8. The van der Waals surface area contributed by atoms with Crippen molar-refractivity contribution in [1.82, 2.24) is 0 Å². The van der Waals surface area contributed by atoms with Crippen LogP contribution in [0.15, 0.2) is 24.3 Å². The monoisotopic (exact) mass is 398 g/mol. The topological polar surface area (TPSA) is 9.23 Å². The largest absolute Gasteiger partial charge is 0.368 e. The minimum Gasteiger partial charge on any atom is -0.368 e. The number of ether oxygens (including phenoxy) is 1. The summed E-state index contributed by atoms with van der Waals surface area (Å²) in [5.41, 5.74) is 2.75. The first-order chi connectivity index (χ1) is 8.76. The number of hydrogen-bond acceptors (Lipinski definition) is 1. The standard InChI is InChI=1S/C14H17Cl2IO/c15-8-12(17)14(9-16)18-13-7-3-5-10-4-1-2-6-11(10)13/h1-2,4,6,12-14H,3,5,7-9H2. The minimum atomic E-state index is 0.0286. The van der Waals surface area contributed by atoms with Crippen LogP contribution in [0.2, 0.25) is 0 Å². The van der Waals surface area contributed by atoms with Crippen LogP contribution in [0, 0.1) is 0 Å². The molecule has 1 aliphatic carbocycles. The molecule has 0 saturated heterocycles. The van der Waals surface area contributed by atoms with Crippen LogP contribution in [0.4, 0.5) is 0 Å². The highest BCUT2D eigenvalue weighted by atomic mass is 127. The highest BCUT2D eigenvalue weighted by Gasteiger charge is 2.26. The van der Waals surface area contributed by atoms with Crippen molar-refractivity contribution in [2.24, 2.45) is 0 Å². The molecule has 1 aromatic carbocycles. The van der Waals surface area contributed by atoms with Crippen LogP contribution < -0.4 is 0 Å². The fourth-order valence-electron chi connectivity index (χ4n) is 2.38. The Morgan fingerprint density at radius 3 is 2.78 bits per heavy atom. The fraction of sp³-hybridized carbons (Fsp3) is 0.571. The molecule has 1 aromatic rings. The second-order valence-electron chi connectivity index (χ2n) is 4.58. The molecule has 3 atom stereocenters. The number of benzene rings is 1. The molecular weight excluding hydrogens is 382 g/mol. The lowest BCUT2D eigenvalue weighted by Crippen LogP contribution is -2.30. The summed E-state index contributed by atoms with van der Waals surface area (Å²) in [6.07, 6.45) is 3.63. The molecule has 0 fully saturated rings. The third-order valence-electron chi connectivity index (χ3n) is 3.36. The van der Waals surface area contributed by atoms with Gasteiger partial charge in [-0.3, -0.25) is 0 Å². The van der Waals surface area contributed by atoms with Crippen molar-refractivity contribution in [1.29, 1.82) is 0 Å². The van der Waals surface area contributed by atoms with E-state index in [2.05, 4.69) is 46.9 Å². The minimum absolute atomic E-state index is 0.0286.